The van der Waals surface area contributed by atoms with Crippen molar-refractivity contribution in [2.45, 2.75) is 33.1 Å². The minimum absolute atomic E-state index is 0.124. The summed E-state index contributed by atoms with van der Waals surface area (Å²) in [5.41, 5.74) is 1.35. The molecule has 0 aliphatic carbocycles. The molecule has 7 nitrogen and oxygen atoms in total. The number of amides is 3. The summed E-state index contributed by atoms with van der Waals surface area (Å²) in [6.07, 6.45) is 3.33. The number of quaternary nitrogens is 1. The summed E-state index contributed by atoms with van der Waals surface area (Å²) in [6, 6.07) is 6.96. The molecule has 7 heteroatoms. The molecule has 2 rings (SSSR count). The van der Waals surface area contributed by atoms with Crippen molar-refractivity contribution in [1.29, 1.82) is 0 Å². The molecule has 1 aromatic rings. The maximum Gasteiger partial charge on any atom is 0.279 e. The lowest BCUT2D eigenvalue weighted by Gasteiger charge is -2.28. The van der Waals surface area contributed by atoms with Crippen molar-refractivity contribution in [3.63, 3.8) is 0 Å². The summed E-state index contributed by atoms with van der Waals surface area (Å²) >= 11 is 0. The van der Waals surface area contributed by atoms with Crippen LogP contribution in [0.4, 0.5) is 11.4 Å². The molecule has 1 unspecified atom stereocenters. The van der Waals surface area contributed by atoms with Gasteiger partial charge in [0, 0.05) is 31.4 Å². The van der Waals surface area contributed by atoms with Crippen LogP contribution in [0.15, 0.2) is 24.3 Å². The number of likely N-dealkylation sites (N-methyl/N-ethyl adjacent to an activating group) is 1. The van der Waals surface area contributed by atoms with E-state index in [0.717, 1.165) is 30.8 Å². The molecule has 1 atom stereocenters. The lowest BCUT2D eigenvalue weighted by molar-refractivity contribution is -0.882. The number of hydrogen-bond acceptors (Lipinski definition) is 3. The molecule has 1 aromatic carbocycles. The number of carbonyl (C=O) groups excluding carboxylic acids is 3. The first-order valence-corrected chi connectivity index (χ1v) is 9.26. The summed E-state index contributed by atoms with van der Waals surface area (Å²) in [5.74, 6) is -0.128. The first kappa shape index (κ1) is 19.9. The second kappa shape index (κ2) is 9.91. The van der Waals surface area contributed by atoms with Crippen LogP contribution in [0, 0.1) is 0 Å². The Morgan fingerprint density at radius 1 is 0.962 bits per heavy atom. The quantitative estimate of drug-likeness (QED) is 0.661. The molecule has 142 valence electrons. The normalized spacial score (nSPS) is 15.2. The van der Waals surface area contributed by atoms with Crippen LogP contribution in [0.25, 0.3) is 0 Å². The number of benzene rings is 1. The Hall–Kier alpha value is -2.41. The molecule has 0 radical (unpaired) electrons. The van der Waals surface area contributed by atoms with E-state index < -0.39 is 0 Å². The van der Waals surface area contributed by atoms with Gasteiger partial charge in [0.1, 0.15) is 0 Å². The molecule has 1 heterocycles. The third-order valence-corrected chi connectivity index (χ3v) is 4.51. The Kier molecular flexibility index (Phi) is 7.59. The van der Waals surface area contributed by atoms with Crippen molar-refractivity contribution in [3.05, 3.63) is 24.3 Å². The molecule has 1 saturated heterocycles. The highest BCUT2D eigenvalue weighted by molar-refractivity contribution is 5.92. The van der Waals surface area contributed by atoms with E-state index in [9.17, 15) is 14.4 Å². The Bertz CT molecular complexity index is 624. The molecule has 26 heavy (non-hydrogen) atoms. The number of piperidine rings is 1. The van der Waals surface area contributed by atoms with Crippen LogP contribution in [0.1, 0.15) is 33.1 Å². The Balaban J connectivity index is 1.82. The van der Waals surface area contributed by atoms with Crippen LogP contribution in [0.3, 0.4) is 0 Å². The highest BCUT2D eigenvalue weighted by Crippen LogP contribution is 2.13. The van der Waals surface area contributed by atoms with Gasteiger partial charge in [0.15, 0.2) is 13.1 Å². The van der Waals surface area contributed by atoms with Gasteiger partial charge in [0.05, 0.1) is 6.54 Å². The van der Waals surface area contributed by atoms with E-state index in [0.29, 0.717) is 24.5 Å². The smallest absolute Gasteiger partial charge is 0.279 e. The fourth-order valence-corrected chi connectivity index (χ4v) is 3.05. The van der Waals surface area contributed by atoms with Gasteiger partial charge >= 0.3 is 0 Å². The van der Waals surface area contributed by atoms with Gasteiger partial charge in [-0.1, -0.05) is 0 Å². The van der Waals surface area contributed by atoms with E-state index in [1.165, 1.54) is 13.3 Å². The Morgan fingerprint density at radius 3 is 2.08 bits per heavy atom. The van der Waals surface area contributed by atoms with Gasteiger partial charge in [-0.3, -0.25) is 14.4 Å². The monoisotopic (exact) mass is 361 g/mol. The highest BCUT2D eigenvalue weighted by Gasteiger charge is 2.22. The Morgan fingerprint density at radius 2 is 1.54 bits per heavy atom. The molecule has 1 fully saturated rings. The number of anilines is 2. The lowest BCUT2D eigenvalue weighted by atomic mass is 10.1. The van der Waals surface area contributed by atoms with Crippen molar-refractivity contribution in [3.8, 4) is 0 Å². The molecule has 0 aromatic heterocycles. The standard InChI is InChI=1S/C19H28N4O3/c1-3-22(14-19(26)23-11-5-4-6-12-23)13-18(25)21-17-9-7-16(8-10-17)20-15(2)24/h7-10H,3-6,11-14H2,1-2H3,(H,20,24)(H,21,25)/p+1. The van der Waals surface area contributed by atoms with Gasteiger partial charge < -0.3 is 20.4 Å². The molecule has 0 bridgehead atoms. The SMILES string of the molecule is CC[NH+](CC(=O)Nc1ccc(NC(C)=O)cc1)CC(=O)N1CCCCC1. The van der Waals surface area contributed by atoms with E-state index in [4.69, 9.17) is 0 Å². The van der Waals surface area contributed by atoms with Crippen molar-refractivity contribution in [2.24, 2.45) is 0 Å². The van der Waals surface area contributed by atoms with Crippen LogP contribution >= 0.6 is 0 Å². The average Bonchev–Trinajstić information content (AvgIpc) is 2.63. The van der Waals surface area contributed by atoms with Gasteiger partial charge in [0.25, 0.3) is 11.8 Å². The summed E-state index contributed by atoms with van der Waals surface area (Å²) in [7, 11) is 0. The zero-order valence-electron chi connectivity index (χ0n) is 15.6. The molecule has 3 N–H and O–H groups in total. The molecule has 3 amide bonds. The largest absolute Gasteiger partial charge is 0.338 e. The predicted molar refractivity (Wildman–Crippen MR) is 101 cm³/mol. The topological polar surface area (TPSA) is 83.0 Å². The number of hydrogen-bond donors (Lipinski definition) is 3. The molecule has 1 aliphatic heterocycles. The van der Waals surface area contributed by atoms with Gasteiger partial charge in [-0.25, -0.2) is 0 Å². The molecule has 0 spiro atoms. The summed E-state index contributed by atoms with van der Waals surface area (Å²) in [5, 5.41) is 5.52. The minimum Gasteiger partial charge on any atom is -0.338 e. The summed E-state index contributed by atoms with van der Waals surface area (Å²) in [4.78, 5) is 38.5. The zero-order valence-corrected chi connectivity index (χ0v) is 15.6. The van der Waals surface area contributed by atoms with Crippen molar-refractivity contribution >= 4 is 29.1 Å². The first-order chi connectivity index (χ1) is 12.5. The number of likely N-dealkylation sites (tertiary alicyclic amines) is 1. The van der Waals surface area contributed by atoms with Crippen LogP contribution in [0.5, 0.6) is 0 Å². The first-order valence-electron chi connectivity index (χ1n) is 9.26. The van der Waals surface area contributed by atoms with E-state index in [1.807, 2.05) is 11.8 Å². The number of nitrogens with one attached hydrogen (secondary N) is 3. The number of nitrogens with zero attached hydrogens (tertiary/aromatic N) is 1. The number of carbonyl (C=O) groups is 3. The maximum atomic E-state index is 12.4. The molecule has 1 aliphatic rings. The van der Waals surface area contributed by atoms with Crippen LogP contribution in [0.2, 0.25) is 0 Å². The van der Waals surface area contributed by atoms with Gasteiger partial charge in [-0.05, 0) is 50.5 Å². The highest BCUT2D eigenvalue weighted by atomic mass is 16.2. The van der Waals surface area contributed by atoms with Gasteiger partial charge in [-0.2, -0.15) is 0 Å². The van der Waals surface area contributed by atoms with E-state index >= 15 is 0 Å². The molecule has 0 saturated carbocycles. The maximum absolute atomic E-state index is 12.4. The lowest BCUT2D eigenvalue weighted by Crippen LogP contribution is -3.14. The van der Waals surface area contributed by atoms with Gasteiger partial charge in [0.2, 0.25) is 5.91 Å². The molecular weight excluding hydrogens is 332 g/mol. The predicted octanol–water partition coefficient (Wildman–Crippen LogP) is 0.501. The van der Waals surface area contributed by atoms with Crippen molar-refractivity contribution in [2.75, 3.05) is 43.4 Å². The average molecular weight is 361 g/mol. The Labute approximate surface area is 154 Å². The van der Waals surface area contributed by atoms with Crippen LogP contribution < -0.4 is 15.5 Å². The van der Waals surface area contributed by atoms with Crippen molar-refractivity contribution in [1.82, 2.24) is 4.90 Å². The van der Waals surface area contributed by atoms with E-state index in [1.54, 1.807) is 24.3 Å². The van der Waals surface area contributed by atoms with Crippen LogP contribution in [-0.2, 0) is 14.4 Å². The minimum atomic E-state index is -0.137. The third-order valence-electron chi connectivity index (χ3n) is 4.51. The van der Waals surface area contributed by atoms with Crippen LogP contribution in [-0.4, -0.2) is 55.3 Å². The second-order valence-electron chi connectivity index (χ2n) is 6.71. The van der Waals surface area contributed by atoms with E-state index in [-0.39, 0.29) is 24.3 Å². The zero-order chi connectivity index (χ0) is 18.9. The van der Waals surface area contributed by atoms with E-state index in [2.05, 4.69) is 10.6 Å². The second-order valence-corrected chi connectivity index (χ2v) is 6.71. The fourth-order valence-electron chi connectivity index (χ4n) is 3.05. The number of rotatable bonds is 7. The van der Waals surface area contributed by atoms with Gasteiger partial charge in [-0.15, -0.1) is 0 Å². The summed E-state index contributed by atoms with van der Waals surface area (Å²) < 4.78 is 0. The third kappa shape index (κ3) is 6.48. The summed E-state index contributed by atoms with van der Waals surface area (Å²) in [6.45, 7) is 6.42. The van der Waals surface area contributed by atoms with Crippen molar-refractivity contribution < 1.29 is 19.3 Å². The fraction of sp³-hybridized carbons (Fsp3) is 0.526. The molecular formula is C19H29N4O3+.